The summed E-state index contributed by atoms with van der Waals surface area (Å²) in [6.07, 6.45) is 5.48. The highest BCUT2D eigenvalue weighted by molar-refractivity contribution is 5.28. The Morgan fingerprint density at radius 3 is 2.44 bits per heavy atom. The normalized spacial score (nSPS) is 22.1. The number of hydrogen-bond donors (Lipinski definition) is 1. The molecule has 1 heterocycles. The number of rotatable bonds is 4. The average molecular weight is 248 g/mol. The predicted octanol–water partition coefficient (Wildman–Crippen LogP) is 2.99. The van der Waals surface area contributed by atoms with Gasteiger partial charge in [-0.2, -0.15) is 5.10 Å². The Kier molecular flexibility index (Phi) is 3.83. The zero-order chi connectivity index (χ0) is 13.2. The Hall–Kier alpha value is -1.19. The van der Waals surface area contributed by atoms with Gasteiger partial charge in [-0.1, -0.05) is 27.7 Å². The van der Waals surface area contributed by atoms with E-state index >= 15 is 0 Å². The number of anilines is 1. The van der Waals surface area contributed by atoms with E-state index in [4.69, 9.17) is 0 Å². The van der Waals surface area contributed by atoms with Crippen molar-refractivity contribution in [2.24, 2.45) is 5.41 Å². The summed E-state index contributed by atoms with van der Waals surface area (Å²) in [7, 11) is 0. The van der Waals surface area contributed by atoms with Crippen LogP contribution in [0.3, 0.4) is 0 Å². The van der Waals surface area contributed by atoms with Crippen molar-refractivity contribution in [1.82, 2.24) is 15.2 Å². The molecule has 0 bridgehead atoms. The van der Waals surface area contributed by atoms with Gasteiger partial charge >= 0.3 is 0 Å². The second-order valence-electron chi connectivity index (χ2n) is 5.98. The predicted molar refractivity (Wildman–Crippen MR) is 73.6 cm³/mol. The molecule has 100 valence electrons. The van der Waals surface area contributed by atoms with Gasteiger partial charge in [-0.15, -0.1) is 5.10 Å². The van der Waals surface area contributed by atoms with Crippen LogP contribution in [0.2, 0.25) is 0 Å². The summed E-state index contributed by atoms with van der Waals surface area (Å²) in [5.41, 5.74) is 2.55. The zero-order valence-electron chi connectivity index (χ0n) is 12.0. The molecule has 4 nitrogen and oxygen atoms in total. The van der Waals surface area contributed by atoms with Gasteiger partial charge in [0.15, 0.2) is 0 Å². The van der Waals surface area contributed by atoms with Crippen molar-refractivity contribution in [3.63, 3.8) is 0 Å². The van der Waals surface area contributed by atoms with Crippen LogP contribution >= 0.6 is 0 Å². The SMILES string of the molecule is CCc1nnc(NC2CCC(C)(C)C2)nc1CC. The van der Waals surface area contributed by atoms with E-state index < -0.39 is 0 Å². The van der Waals surface area contributed by atoms with Gasteiger partial charge in [0.1, 0.15) is 0 Å². The fourth-order valence-electron chi connectivity index (χ4n) is 2.74. The van der Waals surface area contributed by atoms with Crippen molar-refractivity contribution >= 4 is 5.95 Å². The Labute approximate surface area is 110 Å². The highest BCUT2D eigenvalue weighted by Gasteiger charge is 2.31. The van der Waals surface area contributed by atoms with Crippen molar-refractivity contribution in [3.8, 4) is 0 Å². The summed E-state index contributed by atoms with van der Waals surface area (Å²) in [4.78, 5) is 4.59. The molecule has 0 saturated heterocycles. The Morgan fingerprint density at radius 1 is 1.17 bits per heavy atom. The minimum absolute atomic E-state index is 0.446. The molecule has 1 unspecified atom stereocenters. The lowest BCUT2D eigenvalue weighted by Gasteiger charge is -2.18. The molecule has 1 aromatic heterocycles. The molecule has 0 aromatic carbocycles. The van der Waals surface area contributed by atoms with Crippen LogP contribution in [-0.4, -0.2) is 21.2 Å². The monoisotopic (exact) mass is 248 g/mol. The van der Waals surface area contributed by atoms with E-state index in [0.717, 1.165) is 24.2 Å². The quantitative estimate of drug-likeness (QED) is 0.890. The molecular weight excluding hydrogens is 224 g/mol. The average Bonchev–Trinajstić information content (AvgIpc) is 2.68. The van der Waals surface area contributed by atoms with Crippen LogP contribution in [0.25, 0.3) is 0 Å². The molecule has 0 aliphatic heterocycles. The van der Waals surface area contributed by atoms with Gasteiger partial charge in [-0.05, 0) is 37.5 Å². The van der Waals surface area contributed by atoms with E-state index in [1.807, 2.05) is 0 Å². The van der Waals surface area contributed by atoms with E-state index in [9.17, 15) is 0 Å². The van der Waals surface area contributed by atoms with E-state index in [0.29, 0.717) is 17.4 Å². The molecule has 0 amide bonds. The van der Waals surface area contributed by atoms with E-state index in [2.05, 4.69) is 48.2 Å². The van der Waals surface area contributed by atoms with Crippen molar-refractivity contribution in [2.45, 2.75) is 65.8 Å². The molecule has 2 rings (SSSR count). The second-order valence-corrected chi connectivity index (χ2v) is 5.98. The molecule has 1 aliphatic rings. The summed E-state index contributed by atoms with van der Waals surface area (Å²) in [5, 5.41) is 11.9. The first kappa shape index (κ1) is 13.2. The topological polar surface area (TPSA) is 50.7 Å². The maximum absolute atomic E-state index is 4.59. The van der Waals surface area contributed by atoms with Crippen LogP contribution in [0.15, 0.2) is 0 Å². The third-order valence-corrected chi connectivity index (χ3v) is 3.81. The lowest BCUT2D eigenvalue weighted by atomic mass is 9.92. The summed E-state index contributed by atoms with van der Waals surface area (Å²) < 4.78 is 0. The molecule has 0 spiro atoms. The van der Waals surface area contributed by atoms with Crippen LogP contribution in [0.5, 0.6) is 0 Å². The molecule has 1 aliphatic carbocycles. The minimum Gasteiger partial charge on any atom is -0.350 e. The summed E-state index contributed by atoms with van der Waals surface area (Å²) in [6, 6.07) is 0.499. The van der Waals surface area contributed by atoms with Crippen molar-refractivity contribution in [2.75, 3.05) is 5.32 Å². The van der Waals surface area contributed by atoms with Crippen LogP contribution in [-0.2, 0) is 12.8 Å². The van der Waals surface area contributed by atoms with Gasteiger partial charge in [-0.25, -0.2) is 4.98 Å². The van der Waals surface area contributed by atoms with Crippen molar-refractivity contribution in [1.29, 1.82) is 0 Å². The number of aryl methyl sites for hydroxylation is 2. The first-order valence-electron chi connectivity index (χ1n) is 7.03. The van der Waals surface area contributed by atoms with Gasteiger partial charge in [0, 0.05) is 6.04 Å². The lowest BCUT2D eigenvalue weighted by molar-refractivity contribution is 0.378. The van der Waals surface area contributed by atoms with Crippen molar-refractivity contribution < 1.29 is 0 Å². The number of nitrogens with one attached hydrogen (secondary N) is 1. The summed E-state index contributed by atoms with van der Waals surface area (Å²) >= 11 is 0. The van der Waals surface area contributed by atoms with E-state index in [1.54, 1.807) is 0 Å². The molecule has 1 atom stereocenters. The summed E-state index contributed by atoms with van der Waals surface area (Å²) in [6.45, 7) is 8.86. The van der Waals surface area contributed by atoms with Crippen LogP contribution < -0.4 is 5.32 Å². The highest BCUT2D eigenvalue weighted by atomic mass is 15.2. The summed E-state index contributed by atoms with van der Waals surface area (Å²) in [5.74, 6) is 0.701. The number of aromatic nitrogens is 3. The number of nitrogens with zero attached hydrogens (tertiary/aromatic N) is 3. The van der Waals surface area contributed by atoms with E-state index in [1.165, 1.54) is 19.3 Å². The minimum atomic E-state index is 0.446. The zero-order valence-corrected chi connectivity index (χ0v) is 12.0. The maximum Gasteiger partial charge on any atom is 0.243 e. The lowest BCUT2D eigenvalue weighted by Crippen LogP contribution is -2.20. The number of hydrogen-bond acceptors (Lipinski definition) is 4. The molecule has 18 heavy (non-hydrogen) atoms. The molecule has 4 heteroatoms. The smallest absolute Gasteiger partial charge is 0.243 e. The Balaban J connectivity index is 2.06. The highest BCUT2D eigenvalue weighted by Crippen LogP contribution is 2.37. The molecular formula is C14H24N4. The van der Waals surface area contributed by atoms with Gasteiger partial charge in [-0.3, -0.25) is 0 Å². The fraction of sp³-hybridized carbons (Fsp3) is 0.786. The van der Waals surface area contributed by atoms with Crippen LogP contribution in [0.1, 0.15) is 58.3 Å². The standard InChI is InChI=1S/C14H24N4/c1-5-11-12(6-2)17-18-13(16-11)15-10-7-8-14(3,4)9-10/h10H,5-9H2,1-4H3,(H,15,16,18). The van der Waals surface area contributed by atoms with Crippen LogP contribution in [0.4, 0.5) is 5.95 Å². The van der Waals surface area contributed by atoms with Crippen molar-refractivity contribution in [3.05, 3.63) is 11.4 Å². The third kappa shape index (κ3) is 2.98. The molecule has 1 N–H and O–H groups in total. The first-order valence-corrected chi connectivity index (χ1v) is 7.03. The molecule has 1 saturated carbocycles. The van der Waals surface area contributed by atoms with Gasteiger partial charge < -0.3 is 5.32 Å². The van der Waals surface area contributed by atoms with Gasteiger partial charge in [0.2, 0.25) is 5.95 Å². The van der Waals surface area contributed by atoms with Gasteiger partial charge in [0.05, 0.1) is 11.4 Å². The van der Waals surface area contributed by atoms with Gasteiger partial charge in [0.25, 0.3) is 0 Å². The maximum atomic E-state index is 4.59. The largest absolute Gasteiger partial charge is 0.350 e. The fourth-order valence-corrected chi connectivity index (χ4v) is 2.74. The third-order valence-electron chi connectivity index (χ3n) is 3.81. The Morgan fingerprint density at radius 2 is 1.89 bits per heavy atom. The molecule has 1 aromatic rings. The van der Waals surface area contributed by atoms with Crippen LogP contribution in [0, 0.1) is 5.41 Å². The first-order chi connectivity index (χ1) is 8.54. The molecule has 1 fully saturated rings. The second kappa shape index (κ2) is 5.21. The Bertz CT molecular complexity index is 414. The molecule has 0 radical (unpaired) electrons. The van der Waals surface area contributed by atoms with E-state index in [-0.39, 0.29) is 0 Å².